The van der Waals surface area contributed by atoms with Crippen molar-refractivity contribution in [2.45, 2.75) is 0 Å². The smallest absolute Gasteiger partial charge is 0.145 e. The first-order valence-corrected chi connectivity index (χ1v) is 21.6. The highest BCUT2D eigenvalue weighted by Gasteiger charge is 2.24. The van der Waals surface area contributed by atoms with Gasteiger partial charge in [0.05, 0.1) is 22.1 Å². The van der Waals surface area contributed by atoms with Gasteiger partial charge in [-0.2, -0.15) is 0 Å². The lowest BCUT2D eigenvalue weighted by atomic mass is 10.0. The number of aromatic nitrogens is 4. The molecule has 0 aliphatic rings. The van der Waals surface area contributed by atoms with Crippen LogP contribution in [0.2, 0.25) is 0 Å². The number of rotatable bonds is 9. The topological polar surface area (TPSA) is 42.1 Å². The van der Waals surface area contributed by atoms with E-state index in [1.54, 1.807) is 0 Å². The van der Waals surface area contributed by atoms with Gasteiger partial charge in [0.15, 0.2) is 0 Å². The molecular formula is C58H40N6. The molecule has 0 fully saturated rings. The fourth-order valence-electron chi connectivity index (χ4n) is 9.42. The molecule has 12 rings (SSSR count). The third-order valence-corrected chi connectivity index (χ3v) is 12.2. The minimum Gasteiger partial charge on any atom is -0.309 e. The fraction of sp³-hybridized carbons (Fsp3) is 0. The Kier molecular flexibility index (Phi) is 9.05. The maximum Gasteiger partial charge on any atom is 0.145 e. The van der Waals surface area contributed by atoms with Gasteiger partial charge in [0.1, 0.15) is 11.6 Å². The molecule has 0 saturated heterocycles. The molecule has 64 heavy (non-hydrogen) atoms. The fourth-order valence-corrected chi connectivity index (χ4v) is 9.42. The SMILES string of the molecule is c1ccc(N(c2ccc(-n3c4ccccc4c4ccccc43)cc2)c2ncccc2-c2cccnc2N(c2ccccc2)c2ccc(-n3c4ccccc4c4ccccc43)cc2)cc1. The lowest BCUT2D eigenvalue weighted by Crippen LogP contribution is -2.15. The summed E-state index contributed by atoms with van der Waals surface area (Å²) in [7, 11) is 0. The highest BCUT2D eigenvalue weighted by atomic mass is 15.2. The van der Waals surface area contributed by atoms with Gasteiger partial charge in [0.2, 0.25) is 0 Å². The summed E-state index contributed by atoms with van der Waals surface area (Å²) in [5.74, 6) is 1.59. The zero-order valence-corrected chi connectivity index (χ0v) is 34.8. The van der Waals surface area contributed by atoms with Gasteiger partial charge in [-0.25, -0.2) is 9.97 Å². The largest absolute Gasteiger partial charge is 0.309 e. The first-order chi connectivity index (χ1) is 31.8. The minimum absolute atomic E-state index is 0.794. The predicted octanol–water partition coefficient (Wildman–Crippen LogP) is 15.3. The van der Waals surface area contributed by atoms with E-state index in [0.29, 0.717) is 0 Å². The average molecular weight is 821 g/mol. The Morgan fingerprint density at radius 1 is 0.266 bits per heavy atom. The number of anilines is 6. The molecule has 0 atom stereocenters. The van der Waals surface area contributed by atoms with E-state index in [0.717, 1.165) is 56.9 Å². The number of hydrogen-bond donors (Lipinski definition) is 0. The summed E-state index contributed by atoms with van der Waals surface area (Å²) < 4.78 is 4.70. The van der Waals surface area contributed by atoms with Crippen molar-refractivity contribution in [3.63, 3.8) is 0 Å². The van der Waals surface area contributed by atoms with Crippen LogP contribution in [0.4, 0.5) is 34.4 Å². The number of fused-ring (bicyclic) bond motifs is 6. The van der Waals surface area contributed by atoms with Crippen molar-refractivity contribution in [2.75, 3.05) is 9.80 Å². The van der Waals surface area contributed by atoms with E-state index in [1.807, 2.05) is 24.5 Å². The first kappa shape index (κ1) is 37.1. The van der Waals surface area contributed by atoms with Crippen molar-refractivity contribution in [1.82, 2.24) is 19.1 Å². The van der Waals surface area contributed by atoms with Crippen LogP contribution in [-0.4, -0.2) is 19.1 Å². The lowest BCUT2D eigenvalue weighted by Gasteiger charge is -2.29. The third-order valence-electron chi connectivity index (χ3n) is 12.2. The summed E-state index contributed by atoms with van der Waals surface area (Å²) in [5, 5.41) is 4.95. The molecule has 0 amide bonds. The van der Waals surface area contributed by atoms with Gasteiger partial charge in [-0.15, -0.1) is 0 Å². The predicted molar refractivity (Wildman–Crippen MR) is 266 cm³/mol. The van der Waals surface area contributed by atoms with Crippen molar-refractivity contribution >= 4 is 78.0 Å². The molecule has 4 heterocycles. The Hall–Kier alpha value is -8.74. The Labute approximate surface area is 370 Å². The quantitative estimate of drug-likeness (QED) is 0.145. The highest BCUT2D eigenvalue weighted by Crippen LogP contribution is 2.45. The molecule has 0 saturated carbocycles. The highest BCUT2D eigenvalue weighted by molar-refractivity contribution is 6.10. The van der Waals surface area contributed by atoms with E-state index in [2.05, 4.69) is 237 Å². The molecule has 0 N–H and O–H groups in total. The number of benzene rings is 8. The van der Waals surface area contributed by atoms with Crippen LogP contribution in [0.3, 0.4) is 0 Å². The minimum atomic E-state index is 0.794. The summed E-state index contributed by atoms with van der Waals surface area (Å²) in [6.07, 6.45) is 3.75. The summed E-state index contributed by atoms with van der Waals surface area (Å²) >= 11 is 0. The molecule has 6 heteroatoms. The van der Waals surface area contributed by atoms with Crippen LogP contribution < -0.4 is 9.80 Å². The molecule has 8 aromatic carbocycles. The molecular weight excluding hydrogens is 781 g/mol. The molecule has 4 aromatic heterocycles. The molecule has 0 radical (unpaired) electrons. The van der Waals surface area contributed by atoms with E-state index in [9.17, 15) is 0 Å². The molecule has 6 nitrogen and oxygen atoms in total. The second-order valence-corrected chi connectivity index (χ2v) is 15.9. The number of para-hydroxylation sites is 6. The van der Waals surface area contributed by atoms with Crippen LogP contribution in [-0.2, 0) is 0 Å². The van der Waals surface area contributed by atoms with Gasteiger partial charge in [-0.3, -0.25) is 9.80 Å². The van der Waals surface area contributed by atoms with Crippen LogP contribution in [0, 0.1) is 0 Å². The van der Waals surface area contributed by atoms with Crippen molar-refractivity contribution in [3.8, 4) is 22.5 Å². The summed E-state index contributed by atoms with van der Waals surface area (Å²) in [6, 6.07) is 81.4. The van der Waals surface area contributed by atoms with Crippen LogP contribution in [0.5, 0.6) is 0 Å². The molecule has 0 aliphatic heterocycles. The van der Waals surface area contributed by atoms with E-state index in [-0.39, 0.29) is 0 Å². The van der Waals surface area contributed by atoms with E-state index < -0.39 is 0 Å². The van der Waals surface area contributed by atoms with Gasteiger partial charge >= 0.3 is 0 Å². The Balaban J connectivity index is 0.985. The van der Waals surface area contributed by atoms with Crippen molar-refractivity contribution < 1.29 is 0 Å². The van der Waals surface area contributed by atoms with Crippen LogP contribution in [0.25, 0.3) is 66.1 Å². The zero-order chi connectivity index (χ0) is 42.4. The lowest BCUT2D eigenvalue weighted by molar-refractivity contribution is 1.14. The average Bonchev–Trinajstić information content (AvgIpc) is 3.89. The molecule has 0 aliphatic carbocycles. The summed E-state index contributed by atoms with van der Waals surface area (Å²) in [5.41, 5.74) is 12.8. The number of nitrogens with zero attached hydrogens (tertiary/aromatic N) is 6. The first-order valence-electron chi connectivity index (χ1n) is 21.6. The maximum atomic E-state index is 5.17. The third kappa shape index (κ3) is 6.19. The van der Waals surface area contributed by atoms with Gasteiger partial charge in [-0.1, -0.05) is 109 Å². The van der Waals surface area contributed by atoms with E-state index in [4.69, 9.17) is 9.97 Å². The van der Waals surface area contributed by atoms with E-state index >= 15 is 0 Å². The summed E-state index contributed by atoms with van der Waals surface area (Å²) in [6.45, 7) is 0. The van der Waals surface area contributed by atoms with Crippen molar-refractivity contribution in [3.05, 3.63) is 243 Å². The standard InChI is InChI=1S/C58H40N6/c1-3-17-41(18-4-1)61(43-31-35-45(36-32-43)63-53-27-11-7-21-47(53)48-22-8-12-28-54(48)63)57-51(25-15-39-59-57)52-26-16-40-60-58(52)62(42-19-5-2-6-20-42)44-33-37-46(38-34-44)64-55-29-13-9-23-49(55)50-24-10-14-30-56(50)64/h1-40H. The Bertz CT molecular complexity index is 3260. The molecule has 0 unspecified atom stereocenters. The monoisotopic (exact) mass is 820 g/mol. The van der Waals surface area contributed by atoms with E-state index in [1.165, 1.54) is 43.6 Å². The summed E-state index contributed by atoms with van der Waals surface area (Å²) in [4.78, 5) is 14.8. The van der Waals surface area contributed by atoms with Gasteiger partial charge in [0.25, 0.3) is 0 Å². The zero-order valence-electron chi connectivity index (χ0n) is 34.8. The number of pyridine rings is 2. The van der Waals surface area contributed by atoms with Crippen molar-refractivity contribution in [2.24, 2.45) is 0 Å². The van der Waals surface area contributed by atoms with Crippen LogP contribution in [0.1, 0.15) is 0 Å². The Morgan fingerprint density at radius 2 is 0.562 bits per heavy atom. The maximum absolute atomic E-state index is 5.17. The van der Waals surface area contributed by atoms with Gasteiger partial charge in [-0.05, 0) is 121 Å². The molecule has 0 spiro atoms. The van der Waals surface area contributed by atoms with Gasteiger partial charge in [0, 0.05) is 79.2 Å². The number of hydrogen-bond acceptors (Lipinski definition) is 4. The second kappa shape index (κ2) is 15.6. The normalized spacial score (nSPS) is 11.4. The van der Waals surface area contributed by atoms with Gasteiger partial charge < -0.3 is 9.13 Å². The molecule has 0 bridgehead atoms. The molecule has 12 aromatic rings. The van der Waals surface area contributed by atoms with Crippen molar-refractivity contribution in [1.29, 1.82) is 0 Å². The Morgan fingerprint density at radius 3 is 0.906 bits per heavy atom. The van der Waals surface area contributed by atoms with Crippen LogP contribution in [0.15, 0.2) is 243 Å². The molecule has 302 valence electrons. The van der Waals surface area contributed by atoms with Crippen LogP contribution >= 0.6 is 0 Å². The second-order valence-electron chi connectivity index (χ2n) is 15.9.